The molecule has 1 heterocycles. The first-order chi connectivity index (χ1) is 7.43. The molecule has 88 valence electrons. The van der Waals surface area contributed by atoms with E-state index in [4.69, 9.17) is 10.2 Å². The van der Waals surface area contributed by atoms with Gasteiger partial charge in [0.2, 0.25) is 0 Å². The molecule has 1 saturated heterocycles. The van der Waals surface area contributed by atoms with E-state index in [9.17, 15) is 19.2 Å². The average molecular weight is 236 g/mol. The van der Waals surface area contributed by atoms with Crippen LogP contribution >= 0.6 is 0 Å². The van der Waals surface area contributed by atoms with Crippen molar-refractivity contribution in [3.63, 3.8) is 0 Å². The number of rotatable bonds is 0. The van der Waals surface area contributed by atoms with Crippen LogP contribution < -0.4 is 0 Å². The fraction of sp³-hybridized carbons (Fsp3) is 0.333. The zero-order valence-electron chi connectivity index (χ0n) is 7.32. The molecule has 2 atom stereocenters. The van der Waals surface area contributed by atoms with Crippen molar-refractivity contribution in [2.45, 2.75) is 12.2 Å². The Hall–Kier alpha value is -2.20. The predicted octanol–water partition coefficient (Wildman–Crippen LogP) is -3.28. The third kappa shape index (κ3) is 2.43. The molecular weight excluding hydrogens is 232 g/mol. The summed E-state index contributed by atoms with van der Waals surface area (Å²) in [4.78, 5) is 57.1. The monoisotopic (exact) mass is 236 g/mol. The van der Waals surface area contributed by atoms with E-state index in [1.807, 2.05) is 0 Å². The van der Waals surface area contributed by atoms with Gasteiger partial charge < -0.3 is 10.2 Å². The summed E-state index contributed by atoms with van der Waals surface area (Å²) >= 11 is 0. The van der Waals surface area contributed by atoms with E-state index in [1.54, 1.807) is 0 Å². The van der Waals surface area contributed by atoms with Gasteiger partial charge in [0.05, 0.1) is 0 Å². The van der Waals surface area contributed by atoms with Gasteiger partial charge in [0.15, 0.2) is 12.2 Å². The maximum atomic E-state index is 10.8. The molecule has 0 bridgehead atoms. The Bertz CT molecular complexity index is 311. The number of carbonyl (C=O) groups excluding carboxylic acids is 4. The van der Waals surface area contributed by atoms with Crippen LogP contribution in [0, 0.1) is 0 Å². The number of aliphatic hydroxyl groups is 2. The van der Waals surface area contributed by atoms with Gasteiger partial charge in [-0.15, -0.1) is 0 Å². The highest BCUT2D eigenvalue weighted by Crippen LogP contribution is 2.03. The van der Waals surface area contributed by atoms with E-state index >= 15 is 0 Å². The van der Waals surface area contributed by atoms with E-state index in [-0.39, 0.29) is 0 Å². The Morgan fingerprint density at radius 3 is 1.31 bits per heavy atom. The minimum absolute atomic E-state index is 1.66. The SMILES string of the molecule is O=C1OOC(=O)C(O)C(O)C(=O)OOC1=O. The molecule has 0 aliphatic carbocycles. The van der Waals surface area contributed by atoms with E-state index in [0.29, 0.717) is 0 Å². The summed E-state index contributed by atoms with van der Waals surface area (Å²) in [6.45, 7) is 0. The summed E-state index contributed by atoms with van der Waals surface area (Å²) in [5.41, 5.74) is 0. The second-order valence-corrected chi connectivity index (χ2v) is 2.44. The van der Waals surface area contributed by atoms with Gasteiger partial charge >= 0.3 is 23.9 Å². The van der Waals surface area contributed by atoms with Crippen LogP contribution in [0.1, 0.15) is 0 Å². The molecule has 1 fully saturated rings. The predicted molar refractivity (Wildman–Crippen MR) is 36.4 cm³/mol. The molecule has 0 aromatic heterocycles. The Morgan fingerprint density at radius 1 is 0.688 bits per heavy atom. The fourth-order valence-corrected chi connectivity index (χ4v) is 0.582. The normalized spacial score (nSPS) is 27.4. The summed E-state index contributed by atoms with van der Waals surface area (Å²) in [5, 5.41) is 17.9. The van der Waals surface area contributed by atoms with Crippen LogP contribution in [0.3, 0.4) is 0 Å². The van der Waals surface area contributed by atoms with Gasteiger partial charge in [0, 0.05) is 0 Å². The maximum Gasteiger partial charge on any atom is 0.467 e. The standard InChI is InChI=1S/C6H4O10/c7-1-2(8)4(10)14-16-6(12)5(11)15-13-3(1)9/h1-2,7-8H. The molecule has 1 aliphatic heterocycles. The van der Waals surface area contributed by atoms with E-state index in [1.165, 1.54) is 0 Å². The largest absolute Gasteiger partial charge is 0.467 e. The Balaban J connectivity index is 2.83. The quantitative estimate of drug-likeness (QED) is 0.324. The third-order valence-electron chi connectivity index (χ3n) is 1.35. The molecule has 16 heavy (non-hydrogen) atoms. The van der Waals surface area contributed by atoms with Crippen molar-refractivity contribution >= 4 is 23.9 Å². The average Bonchev–Trinajstić information content (AvgIpc) is 2.28. The molecule has 0 radical (unpaired) electrons. The first kappa shape index (κ1) is 11.9. The van der Waals surface area contributed by atoms with Crippen molar-refractivity contribution < 1.29 is 48.9 Å². The van der Waals surface area contributed by atoms with Crippen LogP contribution in [0.25, 0.3) is 0 Å². The van der Waals surface area contributed by atoms with Gasteiger partial charge in [-0.05, 0) is 0 Å². The number of hydrogen-bond acceptors (Lipinski definition) is 10. The molecule has 1 aliphatic rings. The first-order valence-corrected chi connectivity index (χ1v) is 3.64. The minimum atomic E-state index is -2.35. The summed E-state index contributed by atoms with van der Waals surface area (Å²) in [6, 6.07) is 0. The lowest BCUT2D eigenvalue weighted by Gasteiger charge is -2.14. The topological polar surface area (TPSA) is 146 Å². The molecule has 0 aromatic carbocycles. The number of aliphatic hydroxyl groups excluding tert-OH is 2. The summed E-state index contributed by atoms with van der Waals surface area (Å²) in [5.74, 6) is -6.89. The zero-order valence-corrected chi connectivity index (χ0v) is 7.32. The highest BCUT2D eigenvalue weighted by atomic mass is 17.2. The highest BCUT2D eigenvalue weighted by Gasteiger charge is 2.38. The zero-order chi connectivity index (χ0) is 12.3. The van der Waals surface area contributed by atoms with Gasteiger partial charge in [-0.1, -0.05) is 0 Å². The van der Waals surface area contributed by atoms with Crippen molar-refractivity contribution in [1.82, 2.24) is 0 Å². The van der Waals surface area contributed by atoms with Crippen LogP contribution in [-0.2, 0) is 38.7 Å². The lowest BCUT2D eigenvalue weighted by molar-refractivity contribution is -0.292. The Labute approximate surface area is 86.1 Å². The van der Waals surface area contributed by atoms with Crippen LogP contribution in [0.5, 0.6) is 0 Å². The van der Waals surface area contributed by atoms with Crippen LogP contribution in [0.2, 0.25) is 0 Å². The first-order valence-electron chi connectivity index (χ1n) is 3.64. The van der Waals surface area contributed by atoms with E-state index < -0.39 is 36.1 Å². The Kier molecular flexibility index (Phi) is 3.37. The molecule has 0 amide bonds. The Morgan fingerprint density at radius 2 is 1.00 bits per heavy atom. The molecule has 10 heteroatoms. The van der Waals surface area contributed by atoms with Crippen molar-refractivity contribution in [1.29, 1.82) is 0 Å². The van der Waals surface area contributed by atoms with Gasteiger partial charge in [-0.25, -0.2) is 38.7 Å². The second kappa shape index (κ2) is 4.55. The van der Waals surface area contributed by atoms with Gasteiger partial charge in [0.1, 0.15) is 0 Å². The number of carbonyl (C=O) groups is 4. The van der Waals surface area contributed by atoms with Crippen molar-refractivity contribution in [2.75, 3.05) is 0 Å². The maximum absolute atomic E-state index is 10.8. The molecule has 0 saturated carbocycles. The van der Waals surface area contributed by atoms with Gasteiger partial charge in [0.25, 0.3) is 0 Å². The second-order valence-electron chi connectivity index (χ2n) is 2.44. The van der Waals surface area contributed by atoms with Crippen LogP contribution in [-0.4, -0.2) is 46.3 Å². The molecule has 1 rings (SSSR count). The van der Waals surface area contributed by atoms with E-state index in [2.05, 4.69) is 19.6 Å². The molecule has 0 spiro atoms. The molecule has 0 aromatic rings. The summed E-state index contributed by atoms with van der Waals surface area (Å²) in [7, 11) is 0. The smallest absolute Gasteiger partial charge is 0.378 e. The lowest BCUT2D eigenvalue weighted by atomic mass is 10.2. The van der Waals surface area contributed by atoms with Gasteiger partial charge in [-0.3, -0.25) is 0 Å². The summed E-state index contributed by atoms with van der Waals surface area (Å²) < 4.78 is 0. The lowest BCUT2D eigenvalue weighted by Crippen LogP contribution is -2.43. The highest BCUT2D eigenvalue weighted by molar-refractivity contribution is 6.29. The third-order valence-corrected chi connectivity index (χ3v) is 1.35. The molecule has 2 unspecified atom stereocenters. The summed E-state index contributed by atoms with van der Waals surface area (Å²) in [6.07, 6.45) is -4.70. The van der Waals surface area contributed by atoms with Crippen LogP contribution in [0.4, 0.5) is 0 Å². The van der Waals surface area contributed by atoms with Crippen molar-refractivity contribution in [3.8, 4) is 0 Å². The molecule has 10 nitrogen and oxygen atoms in total. The number of hydrogen-bond donors (Lipinski definition) is 2. The molecular formula is C6H4O10. The van der Waals surface area contributed by atoms with Gasteiger partial charge in [-0.2, -0.15) is 0 Å². The fourth-order valence-electron chi connectivity index (χ4n) is 0.582. The van der Waals surface area contributed by atoms with Crippen molar-refractivity contribution in [3.05, 3.63) is 0 Å². The minimum Gasteiger partial charge on any atom is -0.378 e. The van der Waals surface area contributed by atoms with Crippen molar-refractivity contribution in [2.24, 2.45) is 0 Å². The van der Waals surface area contributed by atoms with Crippen LogP contribution in [0.15, 0.2) is 0 Å². The van der Waals surface area contributed by atoms with E-state index in [0.717, 1.165) is 0 Å². The molecule has 2 N–H and O–H groups in total.